The number of carboxylic acid groups (broad SMARTS) is 1. The number of hydrogen-bond acceptors (Lipinski definition) is 6. The van der Waals surface area contributed by atoms with Crippen LogP contribution in [-0.2, 0) is 36.8 Å². The van der Waals surface area contributed by atoms with Crippen LogP contribution in [-0.4, -0.2) is 35.4 Å². The first-order chi connectivity index (χ1) is 14.3. The highest BCUT2D eigenvalue weighted by atomic mass is 16.7. The van der Waals surface area contributed by atoms with Crippen molar-refractivity contribution in [3.63, 3.8) is 0 Å². The SMILES string of the molecule is CC(C)C[C@H](OC(=O)[C@H](Cc1ccccc1)OC(=O)OCc1ccccc1)C(=O)O. The average molecular weight is 414 g/mol. The van der Waals surface area contributed by atoms with Crippen LogP contribution in [0.2, 0.25) is 0 Å². The van der Waals surface area contributed by atoms with Crippen LogP contribution in [0.15, 0.2) is 60.7 Å². The Labute approximate surface area is 175 Å². The third-order valence-electron chi connectivity index (χ3n) is 4.18. The number of benzene rings is 2. The van der Waals surface area contributed by atoms with Crippen LogP contribution in [0.5, 0.6) is 0 Å². The van der Waals surface area contributed by atoms with E-state index in [9.17, 15) is 19.5 Å². The minimum Gasteiger partial charge on any atom is -0.479 e. The van der Waals surface area contributed by atoms with E-state index in [1.165, 1.54) is 0 Å². The van der Waals surface area contributed by atoms with E-state index < -0.39 is 30.3 Å². The maximum atomic E-state index is 12.6. The van der Waals surface area contributed by atoms with Gasteiger partial charge in [0.05, 0.1) is 0 Å². The van der Waals surface area contributed by atoms with E-state index in [-0.39, 0.29) is 25.4 Å². The summed E-state index contributed by atoms with van der Waals surface area (Å²) in [6.07, 6.45) is -3.50. The van der Waals surface area contributed by atoms with Crippen LogP contribution in [0.4, 0.5) is 4.79 Å². The van der Waals surface area contributed by atoms with Crippen LogP contribution < -0.4 is 0 Å². The van der Waals surface area contributed by atoms with Crippen molar-refractivity contribution in [2.75, 3.05) is 0 Å². The molecule has 0 aliphatic carbocycles. The highest BCUT2D eigenvalue weighted by molar-refractivity contribution is 5.82. The Morgan fingerprint density at radius 3 is 1.93 bits per heavy atom. The number of ether oxygens (including phenoxy) is 3. The first kappa shape index (κ1) is 22.9. The van der Waals surface area contributed by atoms with Crippen LogP contribution in [0.1, 0.15) is 31.4 Å². The fourth-order valence-electron chi connectivity index (χ4n) is 2.71. The fourth-order valence-corrected chi connectivity index (χ4v) is 2.71. The highest BCUT2D eigenvalue weighted by Crippen LogP contribution is 2.14. The lowest BCUT2D eigenvalue weighted by Gasteiger charge is -2.20. The molecule has 0 spiro atoms. The third kappa shape index (κ3) is 7.95. The summed E-state index contributed by atoms with van der Waals surface area (Å²) in [5.41, 5.74) is 1.49. The van der Waals surface area contributed by atoms with Gasteiger partial charge >= 0.3 is 18.1 Å². The Balaban J connectivity index is 2.06. The molecule has 0 saturated carbocycles. The van der Waals surface area contributed by atoms with Crippen LogP contribution >= 0.6 is 0 Å². The predicted molar refractivity (Wildman–Crippen MR) is 109 cm³/mol. The van der Waals surface area contributed by atoms with Gasteiger partial charge in [0.15, 0.2) is 6.10 Å². The predicted octanol–water partition coefficient (Wildman–Crippen LogP) is 3.99. The summed E-state index contributed by atoms with van der Waals surface area (Å²) in [7, 11) is 0. The molecule has 0 unspecified atom stereocenters. The van der Waals surface area contributed by atoms with Gasteiger partial charge in [-0.2, -0.15) is 0 Å². The van der Waals surface area contributed by atoms with Crippen molar-refractivity contribution in [2.24, 2.45) is 5.92 Å². The quantitative estimate of drug-likeness (QED) is 0.587. The molecule has 1 N–H and O–H groups in total. The zero-order valence-corrected chi connectivity index (χ0v) is 17.0. The Bertz CT molecular complexity index is 818. The van der Waals surface area contributed by atoms with Crippen LogP contribution in [0.3, 0.4) is 0 Å². The summed E-state index contributed by atoms with van der Waals surface area (Å²) in [6, 6.07) is 17.9. The van der Waals surface area contributed by atoms with E-state index in [0.29, 0.717) is 0 Å². The second-order valence-corrected chi connectivity index (χ2v) is 7.21. The molecule has 160 valence electrons. The van der Waals surface area contributed by atoms with Crippen molar-refractivity contribution >= 4 is 18.1 Å². The summed E-state index contributed by atoms with van der Waals surface area (Å²) in [4.78, 5) is 36.2. The molecule has 0 fully saturated rings. The molecule has 0 aliphatic rings. The average Bonchev–Trinajstić information content (AvgIpc) is 2.72. The Morgan fingerprint density at radius 1 is 0.833 bits per heavy atom. The van der Waals surface area contributed by atoms with Crippen LogP contribution in [0, 0.1) is 5.92 Å². The van der Waals surface area contributed by atoms with Crippen molar-refractivity contribution in [2.45, 2.75) is 45.5 Å². The molecule has 7 heteroatoms. The Kier molecular flexibility index (Phi) is 8.87. The monoisotopic (exact) mass is 414 g/mol. The number of carboxylic acids is 1. The molecule has 0 bridgehead atoms. The third-order valence-corrected chi connectivity index (χ3v) is 4.18. The lowest BCUT2D eigenvalue weighted by Crippen LogP contribution is -2.37. The van der Waals surface area contributed by atoms with Gasteiger partial charge in [0, 0.05) is 6.42 Å². The maximum Gasteiger partial charge on any atom is 0.509 e. The maximum absolute atomic E-state index is 12.6. The minimum absolute atomic E-state index is 0.00299. The molecule has 0 heterocycles. The molecule has 0 aromatic heterocycles. The Hall–Kier alpha value is -3.35. The molecule has 30 heavy (non-hydrogen) atoms. The van der Waals surface area contributed by atoms with Gasteiger partial charge in [-0.15, -0.1) is 0 Å². The Morgan fingerprint density at radius 2 is 1.40 bits per heavy atom. The molecule has 2 aromatic rings. The summed E-state index contributed by atoms with van der Waals surface area (Å²) in [5.74, 6) is -2.17. The van der Waals surface area contributed by atoms with Crippen molar-refractivity contribution < 1.29 is 33.7 Å². The summed E-state index contributed by atoms with van der Waals surface area (Å²) < 4.78 is 15.4. The van der Waals surface area contributed by atoms with Crippen molar-refractivity contribution in [1.82, 2.24) is 0 Å². The first-order valence-corrected chi connectivity index (χ1v) is 9.69. The van der Waals surface area contributed by atoms with E-state index in [1.807, 2.05) is 26.0 Å². The van der Waals surface area contributed by atoms with Gasteiger partial charge in [0.1, 0.15) is 6.61 Å². The molecule has 0 saturated heterocycles. The second kappa shape index (κ2) is 11.6. The number of carbonyl (C=O) groups is 3. The number of hydrogen-bond donors (Lipinski definition) is 1. The van der Waals surface area contributed by atoms with E-state index in [0.717, 1.165) is 11.1 Å². The molecule has 7 nitrogen and oxygen atoms in total. The van der Waals surface area contributed by atoms with Crippen LogP contribution in [0.25, 0.3) is 0 Å². The summed E-state index contributed by atoms with van der Waals surface area (Å²) in [5, 5.41) is 9.33. The second-order valence-electron chi connectivity index (χ2n) is 7.21. The van der Waals surface area contributed by atoms with Gasteiger partial charge < -0.3 is 19.3 Å². The van der Waals surface area contributed by atoms with Crippen molar-refractivity contribution in [3.8, 4) is 0 Å². The molecule has 2 aromatic carbocycles. The standard InChI is InChI=1S/C23H26O7/c1-16(2)13-19(21(24)25)29-22(26)20(14-17-9-5-3-6-10-17)30-23(27)28-15-18-11-7-4-8-12-18/h3-12,16,19-20H,13-15H2,1-2H3,(H,24,25)/t19-,20-/m0/s1. The van der Waals surface area contributed by atoms with Crippen molar-refractivity contribution in [1.29, 1.82) is 0 Å². The highest BCUT2D eigenvalue weighted by Gasteiger charge is 2.31. The van der Waals surface area contributed by atoms with E-state index in [4.69, 9.17) is 14.2 Å². The first-order valence-electron chi connectivity index (χ1n) is 9.69. The molecular formula is C23H26O7. The topological polar surface area (TPSA) is 99.1 Å². The number of esters is 1. The minimum atomic E-state index is -1.33. The van der Waals surface area contributed by atoms with E-state index in [2.05, 4.69) is 0 Å². The lowest BCUT2D eigenvalue weighted by molar-refractivity contribution is -0.172. The molecular weight excluding hydrogens is 388 g/mol. The molecule has 2 atom stereocenters. The molecule has 0 aliphatic heterocycles. The lowest BCUT2D eigenvalue weighted by atomic mass is 10.1. The number of aliphatic carboxylic acids is 1. The normalized spacial score (nSPS) is 12.6. The van der Waals surface area contributed by atoms with Gasteiger partial charge in [0.2, 0.25) is 6.10 Å². The van der Waals surface area contributed by atoms with E-state index >= 15 is 0 Å². The molecule has 2 rings (SSSR count). The van der Waals surface area contributed by atoms with Gasteiger partial charge in [0.25, 0.3) is 0 Å². The zero-order chi connectivity index (χ0) is 21.9. The summed E-state index contributed by atoms with van der Waals surface area (Å²) >= 11 is 0. The van der Waals surface area contributed by atoms with Gasteiger partial charge in [-0.3, -0.25) is 0 Å². The van der Waals surface area contributed by atoms with Gasteiger partial charge in [-0.05, 0) is 23.5 Å². The van der Waals surface area contributed by atoms with Crippen molar-refractivity contribution in [3.05, 3.63) is 71.8 Å². The van der Waals surface area contributed by atoms with Gasteiger partial charge in [-0.25, -0.2) is 14.4 Å². The zero-order valence-electron chi connectivity index (χ0n) is 17.0. The number of rotatable bonds is 10. The summed E-state index contributed by atoms with van der Waals surface area (Å²) in [6.45, 7) is 3.63. The molecule has 0 amide bonds. The largest absolute Gasteiger partial charge is 0.509 e. The number of carbonyl (C=O) groups excluding carboxylic acids is 2. The van der Waals surface area contributed by atoms with E-state index in [1.54, 1.807) is 48.5 Å². The van der Waals surface area contributed by atoms with Gasteiger partial charge in [-0.1, -0.05) is 74.5 Å². The molecule has 0 radical (unpaired) electrons. The smallest absolute Gasteiger partial charge is 0.479 e. The fraction of sp³-hybridized carbons (Fsp3) is 0.348.